The SMILES string of the molecule is C1=CC2=[C]([Zr+2]3([C]4=C5C=CC=CC5c5ccccc54)[CH2][CH2]3)c3ccccc3C2C=C1.[Cl-].[Cl-]. The Bertz CT molecular complexity index is 1170. The van der Waals surface area contributed by atoms with Gasteiger partial charge >= 0.3 is 177 Å². The molecule has 7 rings (SSSR count). The van der Waals surface area contributed by atoms with Crippen LogP contribution >= 0.6 is 0 Å². The van der Waals surface area contributed by atoms with E-state index in [4.69, 9.17) is 0 Å². The van der Waals surface area contributed by atoms with Gasteiger partial charge in [-0.15, -0.1) is 0 Å². The Morgan fingerprint density at radius 2 is 1.03 bits per heavy atom. The fourth-order valence-corrected chi connectivity index (χ4v) is 21.1. The molecule has 4 aliphatic carbocycles. The number of allylic oxidation sites excluding steroid dienone is 10. The average molecular weight is 521 g/mol. The fourth-order valence-electron chi connectivity index (χ4n) is 6.22. The molecular weight excluding hydrogens is 498 g/mol. The predicted octanol–water partition coefficient (Wildman–Crippen LogP) is 1.27. The van der Waals surface area contributed by atoms with E-state index in [0.29, 0.717) is 11.8 Å². The molecule has 2 atom stereocenters. The van der Waals surface area contributed by atoms with Crippen molar-refractivity contribution in [1.29, 1.82) is 0 Å². The molecule has 0 saturated carbocycles. The first-order chi connectivity index (χ1) is 14.4. The van der Waals surface area contributed by atoms with Crippen LogP contribution in [0.1, 0.15) is 34.1 Å². The second kappa shape index (κ2) is 7.73. The maximum absolute atomic E-state index is 2.68. The van der Waals surface area contributed by atoms with Crippen molar-refractivity contribution in [2.24, 2.45) is 0 Å². The second-order valence-electron chi connectivity index (χ2n) is 8.86. The molecule has 0 N–H and O–H groups in total. The van der Waals surface area contributed by atoms with Crippen molar-refractivity contribution in [3.8, 4) is 0 Å². The molecule has 1 fully saturated rings. The number of fused-ring (bicyclic) bond motifs is 6. The van der Waals surface area contributed by atoms with E-state index in [0.717, 1.165) is 0 Å². The van der Waals surface area contributed by atoms with E-state index in [2.05, 4.69) is 97.1 Å². The standard InChI is InChI=1S/2C13H9.C2H4.2ClH.Zr/c2*1-3-7-12-10(5-1)9-11-6-2-4-8-13(11)12;1-2;;;/h2*1-8,12H;1-2H2;2*1H;/q;;;;;+2/p-2. The van der Waals surface area contributed by atoms with Crippen LogP contribution in [0, 0.1) is 0 Å². The van der Waals surface area contributed by atoms with E-state index in [9.17, 15) is 0 Å². The normalized spacial score (nSPS) is 23.7. The van der Waals surface area contributed by atoms with Crippen molar-refractivity contribution in [2.75, 3.05) is 0 Å². The topological polar surface area (TPSA) is 0 Å². The summed E-state index contributed by atoms with van der Waals surface area (Å²) in [5.41, 5.74) is 9.45. The predicted molar refractivity (Wildman–Crippen MR) is 118 cm³/mol. The number of rotatable bonds is 2. The Hall–Kier alpha value is -1.66. The molecule has 1 saturated heterocycles. The molecule has 2 unspecified atom stereocenters. The molecule has 2 aromatic carbocycles. The zero-order chi connectivity index (χ0) is 19.0. The van der Waals surface area contributed by atoms with Crippen LogP contribution in [0.5, 0.6) is 0 Å². The third-order valence-electron chi connectivity index (χ3n) is 7.47. The first-order valence-electron chi connectivity index (χ1n) is 10.8. The van der Waals surface area contributed by atoms with Gasteiger partial charge in [0.05, 0.1) is 0 Å². The summed E-state index contributed by atoms with van der Waals surface area (Å²) in [6, 6.07) is 18.5. The van der Waals surface area contributed by atoms with Crippen molar-refractivity contribution >= 4 is 6.56 Å². The van der Waals surface area contributed by atoms with Gasteiger partial charge in [0.25, 0.3) is 0 Å². The third-order valence-corrected chi connectivity index (χ3v) is 18.6. The first-order valence-corrected chi connectivity index (χ1v) is 16.7. The molecule has 0 aromatic heterocycles. The summed E-state index contributed by atoms with van der Waals surface area (Å²) in [5, 5.41) is 0. The molecule has 2 aromatic rings. The molecule has 0 amide bonds. The van der Waals surface area contributed by atoms with Gasteiger partial charge in [0, 0.05) is 0 Å². The van der Waals surface area contributed by atoms with Crippen LogP contribution in [-0.4, -0.2) is 0 Å². The number of benzene rings is 2. The fraction of sp³-hybridized carbons (Fsp3) is 0.143. The van der Waals surface area contributed by atoms with Crippen LogP contribution < -0.4 is 24.8 Å². The van der Waals surface area contributed by atoms with E-state index in [1.54, 1.807) is 28.8 Å². The molecule has 0 bridgehead atoms. The van der Waals surface area contributed by atoms with Crippen LogP contribution in [0.3, 0.4) is 0 Å². The maximum Gasteiger partial charge on any atom is -1.00 e. The van der Waals surface area contributed by atoms with Crippen molar-refractivity contribution in [2.45, 2.75) is 20.1 Å². The van der Waals surface area contributed by atoms with Crippen LogP contribution in [0.15, 0.2) is 108 Å². The molecule has 0 nitrogen and oxygen atoms in total. The van der Waals surface area contributed by atoms with Crippen LogP contribution in [0.25, 0.3) is 6.56 Å². The summed E-state index contributed by atoms with van der Waals surface area (Å²) < 4.78 is 6.54. The Morgan fingerprint density at radius 3 is 1.48 bits per heavy atom. The summed E-state index contributed by atoms with van der Waals surface area (Å²) in [7, 11) is 0. The van der Waals surface area contributed by atoms with Gasteiger partial charge in [-0.1, -0.05) is 0 Å². The Labute approximate surface area is 201 Å². The quantitative estimate of drug-likeness (QED) is 0.560. The van der Waals surface area contributed by atoms with E-state index >= 15 is 0 Å². The molecule has 0 spiro atoms. The Kier molecular flexibility index (Phi) is 5.29. The molecule has 5 aliphatic rings. The molecule has 152 valence electrons. The van der Waals surface area contributed by atoms with Gasteiger partial charge in [-0.2, -0.15) is 0 Å². The van der Waals surface area contributed by atoms with Crippen molar-refractivity contribution in [1.82, 2.24) is 0 Å². The van der Waals surface area contributed by atoms with Crippen LogP contribution in [0.4, 0.5) is 0 Å². The largest absolute Gasteiger partial charge is 1.00 e. The summed E-state index contributed by atoms with van der Waals surface area (Å²) in [4.78, 5) is 0. The average Bonchev–Trinajstić information content (AvgIpc) is 3.38. The van der Waals surface area contributed by atoms with Gasteiger partial charge in [0.15, 0.2) is 0 Å². The summed E-state index contributed by atoms with van der Waals surface area (Å²) in [6.07, 6.45) is 18.7. The zero-order valence-corrected chi connectivity index (χ0v) is 21.0. The van der Waals surface area contributed by atoms with Gasteiger partial charge < -0.3 is 24.8 Å². The van der Waals surface area contributed by atoms with Crippen LogP contribution in [-0.2, 0) is 20.3 Å². The van der Waals surface area contributed by atoms with Gasteiger partial charge in [0.1, 0.15) is 0 Å². The molecule has 31 heavy (non-hydrogen) atoms. The second-order valence-corrected chi connectivity index (χ2v) is 19.1. The van der Waals surface area contributed by atoms with Crippen molar-refractivity contribution in [3.63, 3.8) is 0 Å². The van der Waals surface area contributed by atoms with E-state index in [1.807, 2.05) is 0 Å². The summed E-state index contributed by atoms with van der Waals surface area (Å²) >= 11 is -2.68. The number of hydrogen-bond acceptors (Lipinski definition) is 0. The molecule has 1 heterocycles. The minimum absolute atomic E-state index is 0. The third kappa shape index (κ3) is 2.83. The van der Waals surface area contributed by atoms with E-state index < -0.39 is 20.3 Å². The molecule has 0 radical (unpaired) electrons. The maximum atomic E-state index is 2.43. The summed E-state index contributed by atoms with van der Waals surface area (Å²) in [6.45, 7) is 0. The van der Waals surface area contributed by atoms with E-state index in [-0.39, 0.29) is 24.8 Å². The minimum Gasteiger partial charge on any atom is -1.00 e. The van der Waals surface area contributed by atoms with Gasteiger partial charge in [-0.3, -0.25) is 0 Å². The first kappa shape index (κ1) is 21.2. The zero-order valence-electron chi connectivity index (χ0n) is 17.1. The van der Waals surface area contributed by atoms with E-state index in [1.165, 1.54) is 19.4 Å². The Morgan fingerprint density at radius 1 is 0.581 bits per heavy atom. The van der Waals surface area contributed by atoms with Gasteiger partial charge in [0.2, 0.25) is 0 Å². The molecule has 1 aliphatic heterocycles. The number of hydrogen-bond donors (Lipinski definition) is 0. The monoisotopic (exact) mass is 518 g/mol. The minimum atomic E-state index is -2.68. The van der Waals surface area contributed by atoms with Crippen molar-refractivity contribution in [3.05, 3.63) is 131 Å². The summed E-state index contributed by atoms with van der Waals surface area (Å²) in [5.74, 6) is 0.945. The molecule has 3 heteroatoms. The van der Waals surface area contributed by atoms with Crippen molar-refractivity contribution < 1.29 is 45.1 Å². The smallest absolute Gasteiger partial charge is 1.00 e. The van der Waals surface area contributed by atoms with Gasteiger partial charge in [-0.25, -0.2) is 0 Å². The Balaban J connectivity index is 0.00000102. The van der Waals surface area contributed by atoms with Gasteiger partial charge in [-0.05, 0) is 0 Å². The van der Waals surface area contributed by atoms with Crippen LogP contribution in [0.2, 0.25) is 8.26 Å². The molecular formula is C28H22Cl2Zr. The number of halogens is 2.